The van der Waals surface area contributed by atoms with Gasteiger partial charge < -0.3 is 34.6 Å². The summed E-state index contributed by atoms with van der Waals surface area (Å²) < 4.78 is 22.5. The molecule has 6 atom stereocenters. The van der Waals surface area contributed by atoms with Gasteiger partial charge in [0, 0.05) is 34.9 Å². The molecule has 40 heavy (non-hydrogen) atoms. The lowest BCUT2D eigenvalue weighted by molar-refractivity contribution is -0.149. The van der Waals surface area contributed by atoms with E-state index in [1.165, 1.54) is 6.92 Å². The maximum Gasteiger partial charge on any atom is 0.261 e. The van der Waals surface area contributed by atoms with E-state index < -0.39 is 55.5 Å². The molecule has 0 radical (unpaired) electrons. The van der Waals surface area contributed by atoms with Gasteiger partial charge in [-0.15, -0.1) is 0 Å². The third kappa shape index (κ3) is 4.74. The Morgan fingerprint density at radius 3 is 2.60 bits per heavy atom. The molecule has 0 aromatic heterocycles. The van der Waals surface area contributed by atoms with Crippen LogP contribution in [0.2, 0.25) is 18.6 Å². The van der Waals surface area contributed by atoms with E-state index in [1.807, 2.05) is 24.3 Å². The van der Waals surface area contributed by atoms with Crippen LogP contribution in [0, 0.1) is 5.92 Å². The first-order chi connectivity index (χ1) is 18.9. The fourth-order valence-corrected chi connectivity index (χ4v) is 9.22. The van der Waals surface area contributed by atoms with Crippen LogP contribution in [0.1, 0.15) is 37.0 Å². The normalized spacial score (nSPS) is 28.2. The summed E-state index contributed by atoms with van der Waals surface area (Å²) in [7, 11) is -3.48. The Morgan fingerprint density at radius 1 is 1.25 bits per heavy atom. The highest BCUT2D eigenvalue weighted by Crippen LogP contribution is 2.59. The van der Waals surface area contributed by atoms with Crippen LogP contribution >= 0.6 is 0 Å². The summed E-state index contributed by atoms with van der Waals surface area (Å²) in [6.45, 7) is 6.40. The highest BCUT2D eigenvalue weighted by Gasteiger charge is 2.65. The van der Waals surface area contributed by atoms with Crippen LogP contribution in [0.3, 0.4) is 0 Å². The second-order valence-electron chi connectivity index (χ2n) is 11.7. The summed E-state index contributed by atoms with van der Waals surface area (Å²) in [5.41, 5.74) is 1.19. The number of aliphatic hydroxyl groups is 2. The minimum atomic E-state index is -3.48. The quantitative estimate of drug-likeness (QED) is 0.313. The molecule has 2 aromatic rings. The number of benzene rings is 2. The SMILES string of the molecule is C[C@H](O)C(=O)Nc1ccc2c(c1)[C@]1(O[C@@H](CC(=O)N3Cc4ccccc4C[C@H]3CO)[C@H]([Si](C)(C)F)[C@H]1C)C(=O)N2. The number of carbonyl (C=O) groups is 3. The monoisotopic (exact) mass is 569 g/mol. The number of amides is 3. The zero-order chi connectivity index (χ0) is 29.0. The predicted octanol–water partition coefficient (Wildman–Crippen LogP) is 3.07. The molecule has 3 heterocycles. The van der Waals surface area contributed by atoms with Crippen LogP contribution in [0.25, 0.3) is 0 Å². The van der Waals surface area contributed by atoms with Gasteiger partial charge in [-0.05, 0) is 55.8 Å². The van der Waals surface area contributed by atoms with Crippen molar-refractivity contribution in [3.8, 4) is 0 Å². The van der Waals surface area contributed by atoms with Gasteiger partial charge in [-0.2, -0.15) is 0 Å². The number of halogens is 1. The van der Waals surface area contributed by atoms with Gasteiger partial charge in [0.05, 0.1) is 25.2 Å². The van der Waals surface area contributed by atoms with Crippen LogP contribution in [0.5, 0.6) is 0 Å². The van der Waals surface area contributed by atoms with Crippen molar-refractivity contribution in [2.45, 2.75) is 75.7 Å². The molecule has 3 aliphatic heterocycles. The molecular formula is C29H36FN3O6Si. The molecule has 1 saturated heterocycles. The molecule has 3 aliphatic rings. The maximum atomic E-state index is 16.0. The fraction of sp³-hybridized carbons (Fsp3) is 0.483. The third-order valence-corrected chi connectivity index (χ3v) is 11.1. The number of fused-ring (bicyclic) bond motifs is 3. The van der Waals surface area contributed by atoms with E-state index in [-0.39, 0.29) is 18.9 Å². The molecule has 1 fully saturated rings. The number of ether oxygens (including phenoxy) is 1. The summed E-state index contributed by atoms with van der Waals surface area (Å²) in [6.07, 6.45) is -1.70. The molecule has 0 bridgehead atoms. The van der Waals surface area contributed by atoms with Crippen molar-refractivity contribution >= 4 is 37.5 Å². The topological polar surface area (TPSA) is 128 Å². The number of nitrogens with zero attached hydrogens (tertiary/aromatic N) is 1. The molecule has 0 aliphatic carbocycles. The first-order valence-corrected chi connectivity index (χ1v) is 16.6. The summed E-state index contributed by atoms with van der Waals surface area (Å²) >= 11 is 0. The van der Waals surface area contributed by atoms with Crippen LogP contribution in [0.15, 0.2) is 42.5 Å². The number of carbonyl (C=O) groups excluding carboxylic acids is 3. The van der Waals surface area contributed by atoms with E-state index in [2.05, 4.69) is 10.6 Å². The highest BCUT2D eigenvalue weighted by molar-refractivity contribution is 6.72. The first-order valence-electron chi connectivity index (χ1n) is 13.7. The van der Waals surface area contributed by atoms with Gasteiger partial charge in [-0.3, -0.25) is 14.4 Å². The molecule has 4 N–H and O–H groups in total. The fourth-order valence-electron chi connectivity index (χ4n) is 6.72. The zero-order valence-corrected chi connectivity index (χ0v) is 24.1. The molecule has 5 rings (SSSR count). The number of hydrogen-bond donors (Lipinski definition) is 4. The number of anilines is 2. The Hall–Kier alpha value is -3.12. The van der Waals surface area contributed by atoms with E-state index in [4.69, 9.17) is 4.74 Å². The smallest absolute Gasteiger partial charge is 0.261 e. The van der Waals surface area contributed by atoms with Crippen molar-refractivity contribution in [3.05, 3.63) is 59.2 Å². The molecular weight excluding hydrogens is 533 g/mol. The Balaban J connectivity index is 1.47. The van der Waals surface area contributed by atoms with Gasteiger partial charge in [0.15, 0.2) is 5.60 Å². The summed E-state index contributed by atoms with van der Waals surface area (Å²) in [5, 5.41) is 25.2. The van der Waals surface area contributed by atoms with Crippen molar-refractivity contribution in [1.82, 2.24) is 4.90 Å². The van der Waals surface area contributed by atoms with Crippen molar-refractivity contribution in [2.75, 3.05) is 17.2 Å². The lowest BCUT2D eigenvalue weighted by atomic mass is 9.82. The number of aliphatic hydroxyl groups excluding tert-OH is 2. The predicted molar refractivity (Wildman–Crippen MR) is 150 cm³/mol. The average Bonchev–Trinajstić information content (AvgIpc) is 3.35. The number of rotatable bonds is 6. The first kappa shape index (κ1) is 28.4. The van der Waals surface area contributed by atoms with Gasteiger partial charge in [-0.1, -0.05) is 31.2 Å². The van der Waals surface area contributed by atoms with Crippen molar-refractivity contribution in [3.63, 3.8) is 0 Å². The van der Waals surface area contributed by atoms with E-state index in [0.29, 0.717) is 29.9 Å². The van der Waals surface area contributed by atoms with Gasteiger partial charge in [0.2, 0.25) is 14.3 Å². The minimum absolute atomic E-state index is 0.128. The molecule has 11 heteroatoms. The van der Waals surface area contributed by atoms with Gasteiger partial charge in [-0.25, -0.2) is 0 Å². The Morgan fingerprint density at radius 2 is 1.95 bits per heavy atom. The van der Waals surface area contributed by atoms with E-state index >= 15 is 4.11 Å². The number of nitrogens with one attached hydrogen (secondary N) is 2. The molecule has 214 valence electrons. The summed E-state index contributed by atoms with van der Waals surface area (Å²) in [5.74, 6) is -1.90. The standard InChI is InChI=1S/C29H36FN3O6Si/c1-16-26(40(3,4)30)24(13-25(36)33-14-19-8-6-5-7-18(19)11-21(33)15-34)39-29(16)22-12-20(31-27(37)17(2)35)9-10-23(22)32-28(29)38/h5-10,12,16-17,21,24,26,34-35H,11,13-15H2,1-4H3,(H,31,37)(H,32,38)/t16-,17+,21+,24+,26-,29+/m1/s1. The van der Waals surface area contributed by atoms with Crippen LogP contribution in [-0.4, -0.2) is 66.1 Å². The van der Waals surface area contributed by atoms with Crippen molar-refractivity contribution in [1.29, 1.82) is 0 Å². The molecule has 2 aromatic carbocycles. The Kier molecular flexibility index (Phi) is 7.36. The Labute approximate surface area is 233 Å². The average molecular weight is 570 g/mol. The van der Waals surface area contributed by atoms with Crippen molar-refractivity contribution in [2.24, 2.45) is 5.92 Å². The van der Waals surface area contributed by atoms with Gasteiger partial charge in [0.25, 0.3) is 11.8 Å². The minimum Gasteiger partial charge on any atom is -0.394 e. The Bertz CT molecular complexity index is 1350. The lowest BCUT2D eigenvalue weighted by Crippen LogP contribution is -2.48. The maximum absolute atomic E-state index is 16.0. The van der Waals surface area contributed by atoms with Crippen molar-refractivity contribution < 1.29 is 33.4 Å². The summed E-state index contributed by atoms with van der Waals surface area (Å²) in [4.78, 5) is 41.0. The molecule has 1 spiro atoms. The highest BCUT2D eigenvalue weighted by atomic mass is 28.4. The molecule has 0 unspecified atom stereocenters. The van der Waals surface area contributed by atoms with E-state index in [1.54, 1.807) is 43.1 Å². The molecule has 3 amide bonds. The van der Waals surface area contributed by atoms with E-state index in [9.17, 15) is 24.6 Å². The van der Waals surface area contributed by atoms with Crippen LogP contribution in [0.4, 0.5) is 15.5 Å². The van der Waals surface area contributed by atoms with E-state index in [0.717, 1.165) is 11.1 Å². The molecule has 9 nitrogen and oxygen atoms in total. The second kappa shape index (κ2) is 10.4. The third-order valence-electron chi connectivity index (χ3n) is 8.62. The van der Waals surface area contributed by atoms with Gasteiger partial charge >= 0.3 is 0 Å². The van der Waals surface area contributed by atoms with Gasteiger partial charge in [0.1, 0.15) is 6.10 Å². The second-order valence-corrected chi connectivity index (χ2v) is 15.5. The largest absolute Gasteiger partial charge is 0.394 e. The molecule has 0 saturated carbocycles. The lowest BCUT2D eigenvalue weighted by Gasteiger charge is -2.37. The van der Waals surface area contributed by atoms with Crippen LogP contribution in [-0.2, 0) is 37.7 Å². The summed E-state index contributed by atoms with van der Waals surface area (Å²) in [6, 6.07) is 12.2. The zero-order valence-electron chi connectivity index (χ0n) is 23.1. The van der Waals surface area contributed by atoms with Crippen LogP contribution < -0.4 is 10.6 Å². The number of hydrogen-bond acceptors (Lipinski definition) is 6.